The number of amides is 1. The van der Waals surface area contributed by atoms with Crippen LogP contribution in [0, 0.1) is 10.1 Å². The number of rotatable bonds is 4. The summed E-state index contributed by atoms with van der Waals surface area (Å²) in [5.74, 6) is -0.0624. The largest absolute Gasteiger partial charge is 0.370 e. The van der Waals surface area contributed by atoms with Crippen LogP contribution >= 0.6 is 0 Å². The standard InChI is InChI=1S/C11H15N5O3/c17-11(15-5-3-12-4-6-15)8-14-9-1-2-13-7-10(9)16(18)19/h1-2,7,12H,3-6,8H2,(H,13,14). The van der Waals surface area contributed by atoms with Crippen molar-refractivity contribution >= 4 is 17.3 Å². The van der Waals surface area contributed by atoms with Crippen LogP contribution in [0.5, 0.6) is 0 Å². The van der Waals surface area contributed by atoms with Crippen molar-refractivity contribution in [1.29, 1.82) is 0 Å². The first-order valence-electron chi connectivity index (χ1n) is 5.99. The maximum atomic E-state index is 11.9. The summed E-state index contributed by atoms with van der Waals surface area (Å²) in [6.07, 6.45) is 2.61. The lowest BCUT2D eigenvalue weighted by Gasteiger charge is -2.27. The number of nitrogens with zero attached hydrogens (tertiary/aromatic N) is 3. The van der Waals surface area contributed by atoms with E-state index in [-0.39, 0.29) is 18.1 Å². The van der Waals surface area contributed by atoms with Gasteiger partial charge in [-0.3, -0.25) is 19.9 Å². The fraction of sp³-hybridized carbons (Fsp3) is 0.455. The molecule has 2 rings (SSSR count). The molecule has 2 N–H and O–H groups in total. The normalized spacial score (nSPS) is 15.1. The minimum absolute atomic E-state index is 0.0465. The number of nitrogens with one attached hydrogen (secondary N) is 2. The first kappa shape index (κ1) is 13.2. The van der Waals surface area contributed by atoms with E-state index in [4.69, 9.17) is 0 Å². The third-order valence-corrected chi connectivity index (χ3v) is 2.90. The van der Waals surface area contributed by atoms with Crippen LogP contribution in [0.3, 0.4) is 0 Å². The van der Waals surface area contributed by atoms with Crippen LogP contribution in [-0.2, 0) is 4.79 Å². The van der Waals surface area contributed by atoms with E-state index in [9.17, 15) is 14.9 Å². The summed E-state index contributed by atoms with van der Waals surface area (Å²) in [7, 11) is 0. The number of carbonyl (C=O) groups excluding carboxylic acids is 1. The maximum Gasteiger partial charge on any atom is 0.310 e. The van der Waals surface area contributed by atoms with E-state index in [1.165, 1.54) is 12.3 Å². The Kier molecular flexibility index (Phi) is 4.24. The van der Waals surface area contributed by atoms with E-state index in [0.29, 0.717) is 18.8 Å². The molecule has 8 nitrogen and oxygen atoms in total. The first-order chi connectivity index (χ1) is 9.18. The Morgan fingerprint density at radius 3 is 2.95 bits per heavy atom. The highest BCUT2D eigenvalue weighted by atomic mass is 16.6. The average Bonchev–Trinajstić information content (AvgIpc) is 2.46. The van der Waals surface area contributed by atoms with E-state index in [2.05, 4.69) is 15.6 Å². The van der Waals surface area contributed by atoms with Gasteiger partial charge < -0.3 is 15.5 Å². The molecule has 0 aromatic carbocycles. The molecule has 1 amide bonds. The molecule has 1 aromatic rings. The van der Waals surface area contributed by atoms with Gasteiger partial charge in [0.05, 0.1) is 11.5 Å². The molecule has 0 bridgehead atoms. The average molecular weight is 265 g/mol. The minimum atomic E-state index is -0.523. The SMILES string of the molecule is O=C(CNc1ccncc1[N+](=O)[O-])N1CCNCC1. The molecule has 0 atom stereocenters. The summed E-state index contributed by atoms with van der Waals surface area (Å²) in [5.41, 5.74) is 0.180. The number of piperazine rings is 1. The van der Waals surface area contributed by atoms with Gasteiger partial charge >= 0.3 is 5.69 Å². The van der Waals surface area contributed by atoms with Crippen LogP contribution < -0.4 is 10.6 Å². The van der Waals surface area contributed by atoms with Crippen molar-refractivity contribution in [3.63, 3.8) is 0 Å². The molecule has 0 saturated carbocycles. The summed E-state index contributed by atoms with van der Waals surface area (Å²) in [5, 5.41) is 16.7. The lowest BCUT2D eigenvalue weighted by atomic mass is 10.3. The number of hydrogen-bond donors (Lipinski definition) is 2. The molecular formula is C11H15N5O3. The Hall–Kier alpha value is -2.22. The molecule has 8 heteroatoms. The van der Waals surface area contributed by atoms with Gasteiger partial charge in [0.1, 0.15) is 11.9 Å². The van der Waals surface area contributed by atoms with Crippen LogP contribution in [0.25, 0.3) is 0 Å². The van der Waals surface area contributed by atoms with E-state index in [1.54, 1.807) is 4.90 Å². The second-order valence-electron chi connectivity index (χ2n) is 4.13. The summed E-state index contributed by atoms with van der Waals surface area (Å²) >= 11 is 0. The van der Waals surface area contributed by atoms with Crippen molar-refractivity contribution < 1.29 is 9.72 Å². The van der Waals surface area contributed by atoms with Crippen LogP contribution in [0.1, 0.15) is 0 Å². The van der Waals surface area contributed by atoms with Crippen molar-refractivity contribution in [3.8, 4) is 0 Å². The van der Waals surface area contributed by atoms with Gasteiger partial charge in [0.2, 0.25) is 5.91 Å². The molecule has 0 unspecified atom stereocenters. The quantitative estimate of drug-likeness (QED) is 0.579. The zero-order valence-electron chi connectivity index (χ0n) is 10.3. The molecule has 1 aromatic heterocycles. The lowest BCUT2D eigenvalue weighted by molar-refractivity contribution is -0.384. The molecule has 19 heavy (non-hydrogen) atoms. The topological polar surface area (TPSA) is 100 Å². The Morgan fingerprint density at radius 1 is 1.53 bits per heavy atom. The van der Waals surface area contributed by atoms with Crippen LogP contribution in [0.4, 0.5) is 11.4 Å². The van der Waals surface area contributed by atoms with E-state index in [1.807, 2.05) is 0 Å². The second-order valence-corrected chi connectivity index (χ2v) is 4.13. The van der Waals surface area contributed by atoms with Gasteiger partial charge in [-0.25, -0.2) is 0 Å². The van der Waals surface area contributed by atoms with Crippen molar-refractivity contribution in [1.82, 2.24) is 15.2 Å². The maximum absolute atomic E-state index is 11.9. The monoisotopic (exact) mass is 265 g/mol. The fourth-order valence-electron chi connectivity index (χ4n) is 1.88. The van der Waals surface area contributed by atoms with Gasteiger partial charge in [-0.15, -0.1) is 0 Å². The van der Waals surface area contributed by atoms with Gasteiger partial charge in [0.25, 0.3) is 0 Å². The zero-order chi connectivity index (χ0) is 13.7. The van der Waals surface area contributed by atoms with Crippen molar-refractivity contribution in [2.24, 2.45) is 0 Å². The van der Waals surface area contributed by atoms with Crippen molar-refractivity contribution in [3.05, 3.63) is 28.6 Å². The number of aromatic nitrogens is 1. The summed E-state index contributed by atoms with van der Waals surface area (Å²) in [6.45, 7) is 2.94. The predicted molar refractivity (Wildman–Crippen MR) is 68.8 cm³/mol. The lowest BCUT2D eigenvalue weighted by Crippen LogP contribution is -2.48. The highest BCUT2D eigenvalue weighted by Crippen LogP contribution is 2.21. The number of nitro groups is 1. The number of carbonyl (C=O) groups is 1. The molecule has 1 aliphatic heterocycles. The van der Waals surface area contributed by atoms with Gasteiger partial charge in [-0.2, -0.15) is 0 Å². The molecule has 1 saturated heterocycles. The molecule has 2 heterocycles. The van der Waals surface area contributed by atoms with Gasteiger partial charge in [-0.05, 0) is 6.07 Å². The molecule has 0 spiro atoms. The molecule has 1 aliphatic rings. The molecule has 0 aliphatic carbocycles. The zero-order valence-corrected chi connectivity index (χ0v) is 10.3. The number of pyridine rings is 1. The van der Waals surface area contributed by atoms with E-state index in [0.717, 1.165) is 19.3 Å². The highest BCUT2D eigenvalue weighted by molar-refractivity contribution is 5.81. The van der Waals surface area contributed by atoms with Gasteiger partial charge in [-0.1, -0.05) is 0 Å². The summed E-state index contributed by atoms with van der Waals surface area (Å²) in [6, 6.07) is 1.49. The smallest absolute Gasteiger partial charge is 0.310 e. The predicted octanol–water partition coefficient (Wildman–Crippen LogP) is -0.167. The second kappa shape index (κ2) is 6.10. The van der Waals surface area contributed by atoms with Crippen LogP contribution in [0.15, 0.2) is 18.5 Å². The molecular weight excluding hydrogens is 250 g/mol. The van der Waals surface area contributed by atoms with Gasteiger partial charge in [0.15, 0.2) is 0 Å². The Balaban J connectivity index is 1.94. The fourth-order valence-corrected chi connectivity index (χ4v) is 1.88. The first-order valence-corrected chi connectivity index (χ1v) is 5.99. The summed E-state index contributed by atoms with van der Waals surface area (Å²) in [4.78, 5) is 27.6. The minimum Gasteiger partial charge on any atom is -0.370 e. The Morgan fingerprint density at radius 2 is 2.26 bits per heavy atom. The highest BCUT2D eigenvalue weighted by Gasteiger charge is 2.18. The van der Waals surface area contributed by atoms with Crippen LogP contribution in [-0.4, -0.2) is 53.4 Å². The number of anilines is 1. The van der Waals surface area contributed by atoms with Crippen molar-refractivity contribution in [2.45, 2.75) is 0 Å². The summed E-state index contributed by atoms with van der Waals surface area (Å²) < 4.78 is 0. The Labute approximate surface area is 110 Å². The third kappa shape index (κ3) is 3.38. The van der Waals surface area contributed by atoms with Gasteiger partial charge in [0, 0.05) is 32.4 Å². The third-order valence-electron chi connectivity index (χ3n) is 2.90. The van der Waals surface area contributed by atoms with Crippen LogP contribution in [0.2, 0.25) is 0 Å². The molecule has 1 fully saturated rings. The molecule has 0 radical (unpaired) electrons. The molecule has 102 valence electrons. The van der Waals surface area contributed by atoms with Crippen molar-refractivity contribution in [2.75, 3.05) is 38.0 Å². The van der Waals surface area contributed by atoms with E-state index >= 15 is 0 Å². The Bertz CT molecular complexity index is 473. The number of hydrogen-bond acceptors (Lipinski definition) is 6. The van der Waals surface area contributed by atoms with E-state index < -0.39 is 4.92 Å².